The minimum absolute atomic E-state index is 0.0145. The van der Waals surface area contributed by atoms with Crippen LogP contribution in [0.25, 0.3) is 0 Å². The lowest BCUT2D eigenvalue weighted by Gasteiger charge is -2.70. The van der Waals surface area contributed by atoms with Crippen molar-refractivity contribution in [3.05, 3.63) is 11.6 Å². The van der Waals surface area contributed by atoms with Crippen LogP contribution < -0.4 is 0 Å². The topological polar surface area (TPSA) is 74.6 Å². The molecule has 5 rings (SSSR count). The number of carbonyl (C=O) groups is 2. The summed E-state index contributed by atoms with van der Waals surface area (Å²) >= 11 is 0. The van der Waals surface area contributed by atoms with Crippen molar-refractivity contribution in [1.29, 1.82) is 0 Å². The summed E-state index contributed by atoms with van der Waals surface area (Å²) in [6.07, 6.45) is 9.84. The molecule has 2 N–H and O–H groups in total. The quantitative estimate of drug-likeness (QED) is 0.512. The highest BCUT2D eigenvalue weighted by atomic mass is 16.3. The van der Waals surface area contributed by atoms with Gasteiger partial charge in [0.2, 0.25) is 0 Å². The number of fused-ring (bicyclic) bond motifs is 7. The summed E-state index contributed by atoms with van der Waals surface area (Å²) in [7, 11) is 0. The Hall–Kier alpha value is -1.00. The predicted octanol–water partition coefficient (Wildman–Crippen LogP) is 5.89. The molecule has 0 bridgehead atoms. The highest BCUT2D eigenvalue weighted by Crippen LogP contribution is 2.75. The molecule has 35 heavy (non-hydrogen) atoms. The molecule has 5 aliphatic rings. The monoisotopic (exact) mass is 484 g/mol. The number of ketones is 2. The fourth-order valence-corrected chi connectivity index (χ4v) is 10.7. The van der Waals surface area contributed by atoms with Crippen LogP contribution in [-0.4, -0.2) is 34.5 Å². The molecule has 0 radical (unpaired) electrons. The highest BCUT2D eigenvalue weighted by Gasteiger charge is 2.70. The molecule has 4 nitrogen and oxygen atoms in total. The minimum atomic E-state index is -0.517. The molecule has 4 saturated carbocycles. The fourth-order valence-electron chi connectivity index (χ4n) is 10.7. The van der Waals surface area contributed by atoms with Gasteiger partial charge in [-0.2, -0.15) is 0 Å². The number of hydrogen-bond acceptors (Lipinski definition) is 4. The summed E-state index contributed by atoms with van der Waals surface area (Å²) < 4.78 is 0. The van der Waals surface area contributed by atoms with E-state index in [9.17, 15) is 19.8 Å². The predicted molar refractivity (Wildman–Crippen MR) is 138 cm³/mol. The molecule has 196 valence electrons. The van der Waals surface area contributed by atoms with Gasteiger partial charge in [0.15, 0.2) is 11.6 Å². The lowest BCUT2D eigenvalue weighted by atomic mass is 9.33. The Morgan fingerprint density at radius 1 is 0.943 bits per heavy atom. The van der Waals surface area contributed by atoms with Crippen LogP contribution in [0.1, 0.15) is 106 Å². The van der Waals surface area contributed by atoms with Crippen LogP contribution in [-0.2, 0) is 9.59 Å². The van der Waals surface area contributed by atoms with Crippen molar-refractivity contribution in [3.8, 4) is 0 Å². The van der Waals surface area contributed by atoms with Crippen LogP contribution in [0.15, 0.2) is 11.6 Å². The molecule has 0 heterocycles. The Kier molecular flexibility index (Phi) is 5.51. The van der Waals surface area contributed by atoms with Crippen LogP contribution >= 0.6 is 0 Å². The second-order valence-corrected chi connectivity index (χ2v) is 15.3. The normalized spacial score (nSPS) is 50.2. The standard InChI is InChI=1S/C31H48O4/c1-26(2)12-14-31(24(35)18-32)15-13-29(6)19(20(31)17-26)16-21(33)25-28(5)10-9-23(34)27(3,4)22(28)8-11-30(25,29)7/h16,20,22-23,25,32,34H,8-15,17-18H2,1-7H3/t20-,22-,23-,25+,28-,29+,30+,31-/m0/s1. The van der Waals surface area contributed by atoms with Crippen LogP contribution in [0.2, 0.25) is 0 Å². The van der Waals surface area contributed by atoms with E-state index in [4.69, 9.17) is 0 Å². The molecule has 0 aliphatic heterocycles. The molecule has 0 spiro atoms. The molecular weight excluding hydrogens is 436 g/mol. The van der Waals surface area contributed by atoms with E-state index in [1.807, 2.05) is 6.08 Å². The Labute approximate surface area is 212 Å². The molecule has 5 aliphatic carbocycles. The number of Topliss-reactive ketones (excluding diaryl/α,β-unsaturated/α-hetero) is 1. The third kappa shape index (κ3) is 3.11. The van der Waals surface area contributed by atoms with E-state index in [1.165, 1.54) is 5.57 Å². The van der Waals surface area contributed by atoms with E-state index in [0.29, 0.717) is 5.92 Å². The second kappa shape index (κ2) is 7.53. The summed E-state index contributed by atoms with van der Waals surface area (Å²) in [4.78, 5) is 27.6. The average molecular weight is 485 g/mol. The maximum atomic E-state index is 14.3. The van der Waals surface area contributed by atoms with E-state index >= 15 is 0 Å². The third-order valence-electron chi connectivity index (χ3n) is 13.1. The van der Waals surface area contributed by atoms with Gasteiger partial charge in [-0.1, -0.05) is 54.0 Å². The van der Waals surface area contributed by atoms with Crippen molar-refractivity contribution in [2.45, 2.75) is 112 Å². The molecule has 0 aromatic rings. The summed E-state index contributed by atoms with van der Waals surface area (Å²) in [5.41, 5.74) is 0.222. The number of aliphatic hydroxyl groups excluding tert-OH is 2. The van der Waals surface area contributed by atoms with Crippen molar-refractivity contribution in [1.82, 2.24) is 0 Å². The zero-order chi connectivity index (χ0) is 25.8. The van der Waals surface area contributed by atoms with Crippen LogP contribution in [0.5, 0.6) is 0 Å². The first-order chi connectivity index (χ1) is 16.1. The maximum Gasteiger partial charge on any atom is 0.164 e. The smallest absolute Gasteiger partial charge is 0.164 e. The molecule has 0 aromatic carbocycles. The molecule has 4 fully saturated rings. The number of carbonyl (C=O) groups excluding carboxylic acids is 2. The van der Waals surface area contributed by atoms with Gasteiger partial charge < -0.3 is 10.2 Å². The number of rotatable bonds is 2. The van der Waals surface area contributed by atoms with Crippen molar-refractivity contribution in [2.75, 3.05) is 6.61 Å². The van der Waals surface area contributed by atoms with Gasteiger partial charge in [0.1, 0.15) is 6.61 Å². The van der Waals surface area contributed by atoms with Gasteiger partial charge >= 0.3 is 0 Å². The van der Waals surface area contributed by atoms with Crippen molar-refractivity contribution in [3.63, 3.8) is 0 Å². The van der Waals surface area contributed by atoms with Gasteiger partial charge in [0.25, 0.3) is 0 Å². The van der Waals surface area contributed by atoms with E-state index in [2.05, 4.69) is 48.5 Å². The van der Waals surface area contributed by atoms with Crippen LogP contribution in [0.4, 0.5) is 0 Å². The fraction of sp³-hybridized carbons (Fsp3) is 0.871. The van der Waals surface area contributed by atoms with Gasteiger partial charge in [0, 0.05) is 11.3 Å². The Bertz CT molecular complexity index is 976. The van der Waals surface area contributed by atoms with Gasteiger partial charge in [-0.15, -0.1) is 0 Å². The summed E-state index contributed by atoms with van der Waals surface area (Å²) in [5.74, 6) is 0.564. The summed E-state index contributed by atoms with van der Waals surface area (Å²) in [6, 6.07) is 0. The highest BCUT2D eigenvalue weighted by molar-refractivity contribution is 5.96. The largest absolute Gasteiger partial charge is 0.393 e. The first-order valence-electron chi connectivity index (χ1n) is 14.2. The Morgan fingerprint density at radius 2 is 1.60 bits per heavy atom. The molecule has 8 atom stereocenters. The van der Waals surface area contributed by atoms with Crippen molar-refractivity contribution < 1.29 is 19.8 Å². The maximum absolute atomic E-state index is 14.3. The first-order valence-corrected chi connectivity index (χ1v) is 14.2. The van der Waals surface area contributed by atoms with Crippen molar-refractivity contribution >= 4 is 11.6 Å². The zero-order valence-corrected chi connectivity index (χ0v) is 23.2. The van der Waals surface area contributed by atoms with Crippen LogP contribution in [0, 0.1) is 50.2 Å². The zero-order valence-electron chi connectivity index (χ0n) is 23.2. The number of hydrogen-bond donors (Lipinski definition) is 2. The van der Waals surface area contributed by atoms with Gasteiger partial charge in [0.05, 0.1) is 6.10 Å². The van der Waals surface area contributed by atoms with Crippen LogP contribution in [0.3, 0.4) is 0 Å². The first kappa shape index (κ1) is 25.6. The summed E-state index contributed by atoms with van der Waals surface area (Å²) in [6.45, 7) is 15.7. The molecule has 0 aromatic heterocycles. The molecule has 0 saturated heterocycles. The van der Waals surface area contributed by atoms with E-state index in [0.717, 1.165) is 57.8 Å². The van der Waals surface area contributed by atoms with Gasteiger partial charge in [-0.05, 0) is 103 Å². The van der Waals surface area contributed by atoms with Gasteiger partial charge in [-0.25, -0.2) is 0 Å². The third-order valence-corrected chi connectivity index (χ3v) is 13.1. The van der Waals surface area contributed by atoms with E-state index < -0.39 is 12.0 Å². The molecule has 0 unspecified atom stereocenters. The Morgan fingerprint density at radius 3 is 2.26 bits per heavy atom. The number of allylic oxidation sites excluding steroid dienone is 2. The lowest BCUT2D eigenvalue weighted by molar-refractivity contribution is -0.203. The molecule has 4 heteroatoms. The van der Waals surface area contributed by atoms with Crippen molar-refractivity contribution in [2.24, 2.45) is 50.2 Å². The van der Waals surface area contributed by atoms with E-state index in [-0.39, 0.29) is 56.6 Å². The molecular formula is C31H48O4. The lowest BCUT2D eigenvalue weighted by Crippen LogP contribution is -2.67. The molecule has 0 amide bonds. The van der Waals surface area contributed by atoms with Gasteiger partial charge in [-0.3, -0.25) is 9.59 Å². The second-order valence-electron chi connectivity index (χ2n) is 15.3. The van der Waals surface area contributed by atoms with E-state index in [1.54, 1.807) is 0 Å². The SMILES string of the molecule is CC1(C)CC[C@]2(C(=O)CO)CC[C@]3(C)C(=CC(=O)[C@@H]4[C@@]5(C)CC[C@H](O)C(C)(C)[C@@H]5CC[C@]43C)[C@@H]2C1. The number of aliphatic hydroxyl groups is 2. The Balaban J connectivity index is 1.65. The average Bonchev–Trinajstić information content (AvgIpc) is 2.77. The minimum Gasteiger partial charge on any atom is -0.393 e. The summed E-state index contributed by atoms with van der Waals surface area (Å²) in [5, 5.41) is 20.9.